The van der Waals surface area contributed by atoms with E-state index in [1.165, 1.54) is 5.56 Å². The Morgan fingerprint density at radius 3 is 2.31 bits per heavy atom. The molecule has 0 fully saturated rings. The number of esters is 1. The van der Waals surface area contributed by atoms with Gasteiger partial charge in [0.2, 0.25) is 0 Å². The number of nitrogens with one attached hydrogen (secondary N) is 1. The second-order valence-corrected chi connectivity index (χ2v) is 8.89. The van der Waals surface area contributed by atoms with Gasteiger partial charge in [-0.3, -0.25) is 14.8 Å². The first kappa shape index (κ1) is 22.6. The van der Waals surface area contributed by atoms with Gasteiger partial charge in [-0.1, -0.05) is 68.4 Å². The van der Waals surface area contributed by atoms with Crippen LogP contribution in [-0.2, 0) is 4.74 Å². The third-order valence-electron chi connectivity index (χ3n) is 6.39. The van der Waals surface area contributed by atoms with Crippen LogP contribution >= 0.6 is 0 Å². The molecule has 2 heterocycles. The van der Waals surface area contributed by atoms with Crippen molar-refractivity contribution in [2.24, 2.45) is 0 Å². The lowest BCUT2D eigenvalue weighted by Gasteiger charge is -2.27. The van der Waals surface area contributed by atoms with Crippen molar-refractivity contribution in [2.75, 3.05) is 11.5 Å². The summed E-state index contributed by atoms with van der Waals surface area (Å²) < 4.78 is 5.11. The summed E-state index contributed by atoms with van der Waals surface area (Å²) in [5.41, 5.74) is 6.42. The number of H-pyrrole nitrogens is 1. The first-order chi connectivity index (χ1) is 17.0. The Morgan fingerprint density at radius 2 is 1.69 bits per heavy atom. The number of nitrogens with zero attached hydrogens (tertiary/aromatic N) is 2. The summed E-state index contributed by atoms with van der Waals surface area (Å²) in [6.45, 7) is 6.40. The molecule has 0 bridgehead atoms. The molecule has 1 N–H and O–H groups in total. The zero-order valence-corrected chi connectivity index (χ0v) is 20.0. The number of fused-ring (bicyclic) bond motifs is 1. The van der Waals surface area contributed by atoms with E-state index in [2.05, 4.69) is 48.3 Å². The monoisotopic (exact) mass is 465 g/mol. The molecule has 6 heteroatoms. The molecule has 35 heavy (non-hydrogen) atoms. The van der Waals surface area contributed by atoms with Crippen LogP contribution in [0.1, 0.15) is 70.3 Å². The normalized spacial score (nSPS) is 14.9. The SMILES string of the molecule is CCOC(=O)c1ccc(N2C(=O)c3[nH]nc(-c4ccccc4)c3[C@H]2c2ccc(C(C)C)cc2)cc1. The van der Waals surface area contributed by atoms with Gasteiger partial charge in [-0.2, -0.15) is 5.10 Å². The van der Waals surface area contributed by atoms with Crippen molar-refractivity contribution in [3.63, 3.8) is 0 Å². The zero-order valence-electron chi connectivity index (χ0n) is 20.0. The van der Waals surface area contributed by atoms with Crippen molar-refractivity contribution in [1.29, 1.82) is 0 Å². The van der Waals surface area contributed by atoms with Gasteiger partial charge in [-0.05, 0) is 48.2 Å². The number of ether oxygens (including phenoxy) is 1. The molecule has 176 valence electrons. The lowest BCUT2D eigenvalue weighted by molar-refractivity contribution is 0.0526. The van der Waals surface area contributed by atoms with Crippen LogP contribution in [0, 0.1) is 0 Å². The van der Waals surface area contributed by atoms with Crippen molar-refractivity contribution >= 4 is 17.6 Å². The van der Waals surface area contributed by atoms with Crippen LogP contribution in [0.2, 0.25) is 0 Å². The van der Waals surface area contributed by atoms with Gasteiger partial charge in [0.05, 0.1) is 23.9 Å². The topological polar surface area (TPSA) is 75.3 Å². The Kier molecular flexibility index (Phi) is 5.95. The van der Waals surface area contributed by atoms with Gasteiger partial charge in [0.1, 0.15) is 5.69 Å². The number of carbonyl (C=O) groups is 2. The Balaban J connectivity index is 1.62. The van der Waals surface area contributed by atoms with Crippen molar-refractivity contribution in [2.45, 2.75) is 32.7 Å². The number of hydrogen-bond donors (Lipinski definition) is 1. The first-order valence-electron chi connectivity index (χ1n) is 11.8. The zero-order chi connectivity index (χ0) is 24.5. The Bertz CT molecular complexity index is 1360. The highest BCUT2D eigenvalue weighted by Gasteiger charge is 2.43. The molecular weight excluding hydrogens is 438 g/mol. The fraction of sp³-hybridized carbons (Fsp3) is 0.207. The minimum Gasteiger partial charge on any atom is -0.462 e. The summed E-state index contributed by atoms with van der Waals surface area (Å²) in [5.74, 6) is -0.130. The average molecular weight is 466 g/mol. The number of aromatic amines is 1. The molecule has 0 unspecified atom stereocenters. The van der Waals surface area contributed by atoms with Gasteiger partial charge in [0, 0.05) is 16.8 Å². The molecule has 0 spiro atoms. The molecule has 4 aromatic rings. The van der Waals surface area contributed by atoms with Crippen LogP contribution in [0.5, 0.6) is 0 Å². The fourth-order valence-electron chi connectivity index (χ4n) is 4.58. The second kappa shape index (κ2) is 9.22. The fourth-order valence-corrected chi connectivity index (χ4v) is 4.58. The highest BCUT2D eigenvalue weighted by atomic mass is 16.5. The maximum Gasteiger partial charge on any atom is 0.338 e. The van der Waals surface area contributed by atoms with Crippen molar-refractivity contribution < 1.29 is 14.3 Å². The van der Waals surface area contributed by atoms with E-state index in [1.54, 1.807) is 36.1 Å². The molecule has 1 aliphatic heterocycles. The van der Waals surface area contributed by atoms with E-state index in [0.717, 1.165) is 22.4 Å². The van der Waals surface area contributed by atoms with Gasteiger partial charge < -0.3 is 4.74 Å². The third kappa shape index (κ3) is 4.01. The summed E-state index contributed by atoms with van der Waals surface area (Å²) in [6, 6.07) is 24.9. The Hall–Kier alpha value is -4.19. The number of aromatic nitrogens is 2. The first-order valence-corrected chi connectivity index (χ1v) is 11.8. The largest absolute Gasteiger partial charge is 0.462 e. The molecule has 1 aliphatic rings. The maximum atomic E-state index is 13.7. The Morgan fingerprint density at radius 1 is 1.00 bits per heavy atom. The summed E-state index contributed by atoms with van der Waals surface area (Å²) in [4.78, 5) is 27.6. The van der Waals surface area contributed by atoms with Gasteiger partial charge >= 0.3 is 5.97 Å². The maximum absolute atomic E-state index is 13.7. The molecule has 3 aromatic carbocycles. The van der Waals surface area contributed by atoms with E-state index in [1.807, 2.05) is 30.3 Å². The van der Waals surface area contributed by atoms with E-state index in [0.29, 0.717) is 29.5 Å². The van der Waals surface area contributed by atoms with E-state index < -0.39 is 0 Å². The second-order valence-electron chi connectivity index (χ2n) is 8.89. The quantitative estimate of drug-likeness (QED) is 0.348. The number of rotatable bonds is 6. The van der Waals surface area contributed by atoms with Gasteiger partial charge in [0.25, 0.3) is 5.91 Å². The number of benzene rings is 3. The third-order valence-corrected chi connectivity index (χ3v) is 6.39. The van der Waals surface area contributed by atoms with Gasteiger partial charge in [0.15, 0.2) is 0 Å². The summed E-state index contributed by atoms with van der Waals surface area (Å²) in [5, 5.41) is 7.53. The molecule has 0 saturated carbocycles. The highest BCUT2D eigenvalue weighted by molar-refractivity contribution is 6.12. The Labute approximate surface area is 204 Å². The average Bonchev–Trinajstić information content (AvgIpc) is 3.44. The van der Waals surface area contributed by atoms with Crippen LogP contribution in [0.4, 0.5) is 5.69 Å². The van der Waals surface area contributed by atoms with Crippen LogP contribution in [0.25, 0.3) is 11.3 Å². The smallest absolute Gasteiger partial charge is 0.338 e. The summed E-state index contributed by atoms with van der Waals surface area (Å²) in [6.07, 6.45) is 0. The van der Waals surface area contributed by atoms with Crippen LogP contribution in [0.15, 0.2) is 78.9 Å². The van der Waals surface area contributed by atoms with Gasteiger partial charge in [-0.25, -0.2) is 4.79 Å². The molecule has 0 aliphatic carbocycles. The molecule has 5 rings (SSSR count). The van der Waals surface area contributed by atoms with Crippen LogP contribution < -0.4 is 4.90 Å². The standard InChI is InChI=1S/C29H27N3O3/c1-4-35-29(34)22-14-16-23(17-15-22)32-27(21-12-10-19(11-13-21)18(2)3)24-25(20-8-6-5-7-9-20)30-31-26(24)28(32)33/h5-18,27H,4H2,1-3H3,(H,30,31)/t27-/m1/s1. The van der Waals surface area contributed by atoms with E-state index in [4.69, 9.17) is 4.74 Å². The van der Waals surface area contributed by atoms with E-state index in [-0.39, 0.29) is 17.9 Å². The van der Waals surface area contributed by atoms with Gasteiger partial charge in [-0.15, -0.1) is 0 Å². The van der Waals surface area contributed by atoms with Crippen molar-refractivity contribution in [1.82, 2.24) is 10.2 Å². The molecule has 0 radical (unpaired) electrons. The highest BCUT2D eigenvalue weighted by Crippen LogP contribution is 2.45. The predicted molar refractivity (Wildman–Crippen MR) is 136 cm³/mol. The minimum atomic E-state index is -0.381. The van der Waals surface area contributed by atoms with E-state index >= 15 is 0 Å². The van der Waals surface area contributed by atoms with Crippen molar-refractivity contribution in [3.8, 4) is 11.3 Å². The molecule has 1 atom stereocenters. The number of carbonyl (C=O) groups excluding carboxylic acids is 2. The molecule has 1 aromatic heterocycles. The lowest BCUT2D eigenvalue weighted by Crippen LogP contribution is -2.29. The number of amides is 1. The van der Waals surface area contributed by atoms with Crippen LogP contribution in [-0.4, -0.2) is 28.7 Å². The summed E-state index contributed by atoms with van der Waals surface area (Å²) >= 11 is 0. The lowest BCUT2D eigenvalue weighted by atomic mass is 9.93. The number of hydrogen-bond acceptors (Lipinski definition) is 4. The van der Waals surface area contributed by atoms with E-state index in [9.17, 15) is 9.59 Å². The molecule has 1 amide bonds. The summed E-state index contributed by atoms with van der Waals surface area (Å²) in [7, 11) is 0. The van der Waals surface area contributed by atoms with Crippen LogP contribution in [0.3, 0.4) is 0 Å². The predicted octanol–water partition coefficient (Wildman–Crippen LogP) is 6.13. The van der Waals surface area contributed by atoms with Crippen molar-refractivity contribution in [3.05, 3.63) is 107 Å². The molecular formula is C29H27N3O3. The minimum absolute atomic E-state index is 0.156. The number of anilines is 1. The molecule has 6 nitrogen and oxygen atoms in total. The molecule has 0 saturated heterocycles.